The number of ether oxygens (including phenoxy) is 1. The minimum Gasteiger partial charge on any atom is -0.450 e. The molecule has 0 atom stereocenters. The number of carbonyl (C=O) groups is 1. The summed E-state index contributed by atoms with van der Waals surface area (Å²) in [6, 6.07) is 0. The highest BCUT2D eigenvalue weighted by Crippen LogP contribution is 1.91. The van der Waals surface area contributed by atoms with E-state index in [1.165, 1.54) is 0 Å². The Bertz CT molecular complexity index is 85.0. The Morgan fingerprint density at radius 3 is 2.00 bits per heavy atom. The molecule has 5 heteroatoms. The van der Waals surface area contributed by atoms with Gasteiger partial charge >= 0.3 is 6.16 Å². The molecule has 64 valence electrons. The highest BCUT2D eigenvalue weighted by atomic mass is 35.5. The number of hydrogen-bond donors (Lipinski definition) is 1. The normalized spacial score (nSPS) is 7.50. The molecule has 0 fully saturated rings. The molecule has 0 aromatic rings. The SMILES string of the molecule is CC(C)COC(=O)O.Cl.Cl. The van der Waals surface area contributed by atoms with Gasteiger partial charge in [0.05, 0.1) is 6.61 Å². The van der Waals surface area contributed by atoms with E-state index >= 15 is 0 Å². The lowest BCUT2D eigenvalue weighted by atomic mass is 10.2. The molecule has 0 aromatic carbocycles. The van der Waals surface area contributed by atoms with Crippen molar-refractivity contribution in [3.05, 3.63) is 0 Å². The molecule has 0 rings (SSSR count). The average molecular weight is 191 g/mol. The van der Waals surface area contributed by atoms with Gasteiger partial charge in [-0.1, -0.05) is 13.8 Å². The predicted molar refractivity (Wildman–Crippen MR) is 43.3 cm³/mol. The van der Waals surface area contributed by atoms with Crippen molar-refractivity contribution in [3.8, 4) is 0 Å². The van der Waals surface area contributed by atoms with Crippen molar-refractivity contribution in [3.63, 3.8) is 0 Å². The second-order valence-electron chi connectivity index (χ2n) is 1.97. The molecule has 0 aliphatic rings. The smallest absolute Gasteiger partial charge is 0.450 e. The van der Waals surface area contributed by atoms with Gasteiger partial charge in [-0.2, -0.15) is 0 Å². The lowest BCUT2D eigenvalue weighted by Crippen LogP contribution is -2.06. The zero-order valence-electron chi connectivity index (χ0n) is 5.86. The Morgan fingerprint density at radius 2 is 1.90 bits per heavy atom. The summed E-state index contributed by atoms with van der Waals surface area (Å²) in [4.78, 5) is 9.68. The molecule has 10 heavy (non-hydrogen) atoms. The van der Waals surface area contributed by atoms with E-state index in [0.29, 0.717) is 0 Å². The molecule has 0 saturated heterocycles. The first kappa shape index (κ1) is 16.4. The zero-order chi connectivity index (χ0) is 6.57. The summed E-state index contributed by atoms with van der Waals surface area (Å²) >= 11 is 0. The lowest BCUT2D eigenvalue weighted by molar-refractivity contribution is 0.0814. The molecule has 0 amide bonds. The molecule has 0 saturated carbocycles. The van der Waals surface area contributed by atoms with Crippen LogP contribution in [0.1, 0.15) is 13.8 Å². The van der Waals surface area contributed by atoms with Crippen molar-refractivity contribution in [2.75, 3.05) is 6.61 Å². The van der Waals surface area contributed by atoms with E-state index in [4.69, 9.17) is 5.11 Å². The van der Waals surface area contributed by atoms with E-state index in [-0.39, 0.29) is 37.3 Å². The van der Waals surface area contributed by atoms with Crippen molar-refractivity contribution in [1.29, 1.82) is 0 Å². The summed E-state index contributed by atoms with van der Waals surface area (Å²) in [5, 5.41) is 7.94. The van der Waals surface area contributed by atoms with Crippen LogP contribution in [-0.2, 0) is 4.74 Å². The highest BCUT2D eigenvalue weighted by Gasteiger charge is 1.97. The van der Waals surface area contributed by atoms with Crippen molar-refractivity contribution in [1.82, 2.24) is 0 Å². The van der Waals surface area contributed by atoms with Crippen LogP contribution in [0.3, 0.4) is 0 Å². The van der Waals surface area contributed by atoms with E-state index in [0.717, 1.165) is 0 Å². The van der Waals surface area contributed by atoms with Crippen LogP contribution in [0.5, 0.6) is 0 Å². The molecule has 0 spiro atoms. The van der Waals surface area contributed by atoms with Crippen molar-refractivity contribution in [2.24, 2.45) is 5.92 Å². The minimum absolute atomic E-state index is 0. The zero-order valence-corrected chi connectivity index (χ0v) is 7.50. The maximum absolute atomic E-state index is 9.68. The van der Waals surface area contributed by atoms with Crippen LogP contribution in [-0.4, -0.2) is 17.9 Å². The summed E-state index contributed by atoms with van der Waals surface area (Å²) < 4.78 is 4.22. The topological polar surface area (TPSA) is 46.5 Å². The van der Waals surface area contributed by atoms with Crippen LogP contribution < -0.4 is 0 Å². The highest BCUT2D eigenvalue weighted by molar-refractivity contribution is 5.85. The summed E-state index contributed by atoms with van der Waals surface area (Å²) in [7, 11) is 0. The van der Waals surface area contributed by atoms with E-state index in [1.807, 2.05) is 13.8 Å². The maximum atomic E-state index is 9.68. The van der Waals surface area contributed by atoms with E-state index in [1.54, 1.807) is 0 Å². The fourth-order valence-corrected chi connectivity index (χ4v) is 0.238. The second kappa shape index (κ2) is 8.85. The average Bonchev–Trinajstić information content (AvgIpc) is 1.61. The number of hydrogen-bond acceptors (Lipinski definition) is 2. The summed E-state index contributed by atoms with van der Waals surface area (Å²) in [5.74, 6) is 0.283. The van der Waals surface area contributed by atoms with Gasteiger partial charge in [0.15, 0.2) is 0 Å². The van der Waals surface area contributed by atoms with Gasteiger partial charge in [0, 0.05) is 0 Å². The van der Waals surface area contributed by atoms with Gasteiger partial charge in [-0.05, 0) is 5.92 Å². The Labute approximate surface area is 72.6 Å². The van der Waals surface area contributed by atoms with Crippen LogP contribution in [0.2, 0.25) is 0 Å². The molecule has 3 nitrogen and oxygen atoms in total. The van der Waals surface area contributed by atoms with Crippen LogP contribution in [0, 0.1) is 5.92 Å². The third-order valence-electron chi connectivity index (χ3n) is 0.540. The molecule has 0 aromatic heterocycles. The van der Waals surface area contributed by atoms with Gasteiger partial charge in [0.25, 0.3) is 0 Å². The number of carboxylic acid groups (broad SMARTS) is 1. The molecule has 0 radical (unpaired) electrons. The Kier molecular flexibility index (Phi) is 14.6. The van der Waals surface area contributed by atoms with Gasteiger partial charge in [-0.3, -0.25) is 0 Å². The van der Waals surface area contributed by atoms with E-state index < -0.39 is 6.16 Å². The second-order valence-corrected chi connectivity index (χ2v) is 1.97. The number of rotatable bonds is 2. The fourth-order valence-electron chi connectivity index (χ4n) is 0.238. The predicted octanol–water partition coefficient (Wildman–Crippen LogP) is 2.18. The van der Waals surface area contributed by atoms with Crippen molar-refractivity contribution < 1.29 is 14.6 Å². The molecule has 0 unspecified atom stereocenters. The molecule has 0 heterocycles. The van der Waals surface area contributed by atoms with Crippen LogP contribution >= 0.6 is 24.8 Å². The standard InChI is InChI=1S/C5H10O3.2ClH/c1-4(2)3-8-5(6)7;;/h4H,3H2,1-2H3,(H,6,7);2*1H. The molecular weight excluding hydrogens is 179 g/mol. The Hall–Kier alpha value is -0.150. The third kappa shape index (κ3) is 15.7. The first-order valence-electron chi connectivity index (χ1n) is 2.48. The van der Waals surface area contributed by atoms with Gasteiger partial charge in [-0.25, -0.2) is 4.79 Å². The van der Waals surface area contributed by atoms with E-state index in [2.05, 4.69) is 4.74 Å². The number of halogens is 2. The monoisotopic (exact) mass is 190 g/mol. The molecule has 0 bridgehead atoms. The summed E-state index contributed by atoms with van der Waals surface area (Å²) in [5.41, 5.74) is 0. The van der Waals surface area contributed by atoms with Gasteiger partial charge in [0.2, 0.25) is 0 Å². The fraction of sp³-hybridized carbons (Fsp3) is 0.800. The Morgan fingerprint density at radius 1 is 1.50 bits per heavy atom. The van der Waals surface area contributed by atoms with Crippen LogP contribution in [0.15, 0.2) is 0 Å². The molecule has 0 aliphatic carbocycles. The first-order valence-corrected chi connectivity index (χ1v) is 2.48. The van der Waals surface area contributed by atoms with Gasteiger partial charge < -0.3 is 9.84 Å². The van der Waals surface area contributed by atoms with Crippen LogP contribution in [0.4, 0.5) is 4.79 Å². The third-order valence-corrected chi connectivity index (χ3v) is 0.540. The maximum Gasteiger partial charge on any atom is 0.505 e. The van der Waals surface area contributed by atoms with Gasteiger partial charge in [-0.15, -0.1) is 24.8 Å². The molecule has 0 aliphatic heterocycles. The molecular formula is C5H12Cl2O3. The summed E-state index contributed by atoms with van der Waals surface area (Å²) in [6.45, 7) is 4.07. The minimum atomic E-state index is -1.20. The molecule has 1 N–H and O–H groups in total. The quantitative estimate of drug-likeness (QED) is 0.680. The summed E-state index contributed by atoms with van der Waals surface area (Å²) in [6.07, 6.45) is -1.20. The van der Waals surface area contributed by atoms with E-state index in [9.17, 15) is 4.79 Å². The van der Waals surface area contributed by atoms with Gasteiger partial charge in [0.1, 0.15) is 0 Å². The lowest BCUT2D eigenvalue weighted by Gasteiger charge is -2.00. The first-order chi connectivity index (χ1) is 3.63. The van der Waals surface area contributed by atoms with Crippen LogP contribution in [0.25, 0.3) is 0 Å². The van der Waals surface area contributed by atoms with Crippen molar-refractivity contribution in [2.45, 2.75) is 13.8 Å². The van der Waals surface area contributed by atoms with Crippen molar-refractivity contribution >= 4 is 31.0 Å². The Balaban J connectivity index is -0.000000245. The largest absolute Gasteiger partial charge is 0.505 e.